The number of anilines is 1. The Labute approximate surface area is 233 Å². The summed E-state index contributed by atoms with van der Waals surface area (Å²) in [5.41, 5.74) is 1.10. The molecule has 2 fully saturated rings. The molecule has 0 aromatic heterocycles. The molecular formula is C28H35IN2O5Si. The first-order valence-corrected chi connectivity index (χ1v) is 17.1. The van der Waals surface area contributed by atoms with E-state index < -0.39 is 20.0 Å². The van der Waals surface area contributed by atoms with Gasteiger partial charge in [-0.05, 0) is 72.3 Å². The highest BCUT2D eigenvalue weighted by Crippen LogP contribution is 2.59. The highest BCUT2D eigenvalue weighted by Gasteiger charge is 2.66. The van der Waals surface area contributed by atoms with Crippen molar-refractivity contribution in [1.29, 1.82) is 0 Å². The summed E-state index contributed by atoms with van der Waals surface area (Å²) in [4.78, 5) is 42.7. The van der Waals surface area contributed by atoms with Gasteiger partial charge in [0.25, 0.3) is 5.91 Å². The van der Waals surface area contributed by atoms with E-state index in [4.69, 9.17) is 4.74 Å². The van der Waals surface area contributed by atoms with Crippen LogP contribution in [0.2, 0.25) is 18.6 Å². The lowest BCUT2D eigenvalue weighted by Crippen LogP contribution is -2.46. The largest absolute Gasteiger partial charge is 0.432 e. The average molecular weight is 635 g/mol. The molecule has 0 bridgehead atoms. The molecule has 0 saturated carbocycles. The van der Waals surface area contributed by atoms with Crippen molar-refractivity contribution >= 4 is 48.4 Å². The lowest BCUT2D eigenvalue weighted by molar-refractivity contribution is -0.150. The number of hydrogen-bond donors (Lipinski definition) is 2. The number of hydrogen-bond acceptors (Lipinski definition) is 5. The van der Waals surface area contributed by atoms with E-state index in [1.54, 1.807) is 9.80 Å². The molecule has 2 saturated heterocycles. The highest BCUT2D eigenvalue weighted by atomic mass is 127. The Bertz CT molecular complexity index is 1190. The number of carbonyl (C=O) groups is 2. The van der Waals surface area contributed by atoms with Gasteiger partial charge < -0.3 is 24.4 Å². The molecule has 3 aliphatic rings. The van der Waals surface area contributed by atoms with Crippen LogP contribution in [-0.2, 0) is 26.5 Å². The van der Waals surface area contributed by atoms with Gasteiger partial charge in [-0.1, -0.05) is 37.3 Å². The molecule has 9 heteroatoms. The second kappa shape index (κ2) is 10.1. The van der Waals surface area contributed by atoms with Gasteiger partial charge in [0.1, 0.15) is 0 Å². The predicted molar refractivity (Wildman–Crippen MR) is 152 cm³/mol. The molecule has 198 valence electrons. The third kappa shape index (κ3) is 4.56. The van der Waals surface area contributed by atoms with Gasteiger partial charge in [-0.2, -0.15) is 0 Å². The van der Waals surface area contributed by atoms with E-state index in [0.29, 0.717) is 13.1 Å². The number of rotatable bonds is 6. The molecule has 5 atom stereocenters. The van der Waals surface area contributed by atoms with E-state index in [-0.39, 0.29) is 42.3 Å². The molecule has 7 nitrogen and oxygen atoms in total. The number of aliphatic hydroxyl groups is 1. The van der Waals surface area contributed by atoms with E-state index in [1.807, 2.05) is 68.5 Å². The number of likely N-dealkylation sites (tertiary alicyclic amines) is 1. The van der Waals surface area contributed by atoms with Crippen molar-refractivity contribution < 1.29 is 24.2 Å². The maximum absolute atomic E-state index is 14.3. The summed E-state index contributed by atoms with van der Waals surface area (Å²) in [7, 11) is -2.85. The van der Waals surface area contributed by atoms with Crippen LogP contribution in [0.3, 0.4) is 0 Å². The third-order valence-electron chi connectivity index (χ3n) is 8.43. The molecule has 5 rings (SSSR count). The standard InChI is InChI=1S/C28H35IN2O5Si/c1-18-26(37(2,3)35)24(15-25(33)30-14-6-7-21(30)17-32)36-28(18)22-8-4-5-9-23(22)31(27(28)34)16-19-10-12-20(29)13-11-19/h4-5,8-13,18,21,24,26,32,35H,6-7,14-17H2,1-3H3/t18-,21+,24+,26-,28+/m1/s1. The van der Waals surface area contributed by atoms with Gasteiger partial charge in [0, 0.05) is 27.1 Å². The van der Waals surface area contributed by atoms with Crippen LogP contribution >= 0.6 is 22.6 Å². The zero-order chi connectivity index (χ0) is 26.5. The molecule has 2 aromatic rings. The van der Waals surface area contributed by atoms with Crippen molar-refractivity contribution in [3.8, 4) is 0 Å². The van der Waals surface area contributed by atoms with Crippen LogP contribution in [0, 0.1) is 9.49 Å². The summed E-state index contributed by atoms with van der Waals surface area (Å²) in [6.07, 6.45) is 1.17. The average Bonchev–Trinajstić information content (AvgIpc) is 3.51. The first-order valence-electron chi connectivity index (χ1n) is 13.0. The molecule has 0 unspecified atom stereocenters. The maximum atomic E-state index is 14.3. The normalized spacial score (nSPS) is 29.4. The SMILES string of the molecule is C[C@@H]1[C@@H]([Si](C)(C)O)[C@H](CC(=O)N2CCC[C@H]2CO)O[C@@]12C(=O)N(Cc1ccc(I)cc1)c1ccccc12. The van der Waals surface area contributed by atoms with Gasteiger partial charge in [0.05, 0.1) is 37.4 Å². The van der Waals surface area contributed by atoms with Crippen molar-refractivity contribution in [2.24, 2.45) is 5.92 Å². The number of fused-ring (bicyclic) bond motifs is 2. The van der Waals surface area contributed by atoms with E-state index >= 15 is 0 Å². The van der Waals surface area contributed by atoms with E-state index in [2.05, 4.69) is 22.6 Å². The Morgan fingerprint density at radius 2 is 1.89 bits per heavy atom. The van der Waals surface area contributed by atoms with Crippen LogP contribution in [0.25, 0.3) is 0 Å². The Balaban J connectivity index is 1.51. The van der Waals surface area contributed by atoms with Gasteiger partial charge in [-0.25, -0.2) is 0 Å². The van der Waals surface area contributed by atoms with E-state index in [1.165, 1.54) is 0 Å². The molecule has 1 spiro atoms. The fourth-order valence-corrected chi connectivity index (χ4v) is 9.72. The topological polar surface area (TPSA) is 90.3 Å². The van der Waals surface area contributed by atoms with Gasteiger partial charge in [0.2, 0.25) is 5.91 Å². The number of para-hydroxylation sites is 1. The van der Waals surface area contributed by atoms with Crippen molar-refractivity contribution in [2.75, 3.05) is 18.1 Å². The minimum atomic E-state index is -2.85. The zero-order valence-electron chi connectivity index (χ0n) is 21.6. The summed E-state index contributed by atoms with van der Waals surface area (Å²) < 4.78 is 7.89. The van der Waals surface area contributed by atoms with Crippen LogP contribution in [-0.4, -0.2) is 60.2 Å². The van der Waals surface area contributed by atoms with Gasteiger partial charge in [-0.15, -0.1) is 0 Å². The Kier molecular flexibility index (Phi) is 7.29. The van der Waals surface area contributed by atoms with Crippen LogP contribution in [0.1, 0.15) is 37.3 Å². The molecular weight excluding hydrogens is 599 g/mol. The Morgan fingerprint density at radius 1 is 1.19 bits per heavy atom. The quantitative estimate of drug-likeness (QED) is 0.371. The molecule has 2 aromatic carbocycles. The first kappa shape index (κ1) is 26.8. The van der Waals surface area contributed by atoms with Crippen LogP contribution in [0.4, 0.5) is 5.69 Å². The highest BCUT2D eigenvalue weighted by molar-refractivity contribution is 14.1. The third-order valence-corrected chi connectivity index (χ3v) is 11.7. The molecule has 0 aliphatic carbocycles. The summed E-state index contributed by atoms with van der Waals surface area (Å²) in [6, 6.07) is 15.7. The number of ether oxygens (including phenoxy) is 1. The minimum absolute atomic E-state index is 0.0549. The van der Waals surface area contributed by atoms with Crippen LogP contribution in [0.15, 0.2) is 48.5 Å². The number of aliphatic hydroxyl groups excluding tert-OH is 1. The van der Waals surface area contributed by atoms with E-state index in [0.717, 1.165) is 33.2 Å². The van der Waals surface area contributed by atoms with Crippen LogP contribution in [0.5, 0.6) is 0 Å². The van der Waals surface area contributed by atoms with Gasteiger partial charge in [0.15, 0.2) is 13.9 Å². The second-order valence-electron chi connectivity index (χ2n) is 11.2. The lowest BCUT2D eigenvalue weighted by Gasteiger charge is -2.32. The Morgan fingerprint density at radius 3 is 2.57 bits per heavy atom. The van der Waals surface area contributed by atoms with Crippen molar-refractivity contribution in [3.63, 3.8) is 0 Å². The summed E-state index contributed by atoms with van der Waals surface area (Å²) in [6.45, 7) is 6.72. The number of carbonyl (C=O) groups excluding carboxylic acids is 2. The fourth-order valence-electron chi connectivity index (χ4n) is 6.80. The summed E-state index contributed by atoms with van der Waals surface area (Å²) in [5, 5.41) is 9.74. The van der Waals surface area contributed by atoms with Crippen LogP contribution < -0.4 is 4.90 Å². The minimum Gasteiger partial charge on any atom is -0.432 e. The molecule has 37 heavy (non-hydrogen) atoms. The van der Waals surface area contributed by atoms with Gasteiger partial charge >= 0.3 is 0 Å². The zero-order valence-corrected chi connectivity index (χ0v) is 24.7. The number of halogens is 1. The molecule has 2 N–H and O–H groups in total. The predicted octanol–water partition coefficient (Wildman–Crippen LogP) is 4.01. The molecule has 0 radical (unpaired) electrons. The fraction of sp³-hybridized carbons (Fsp3) is 0.500. The van der Waals surface area contributed by atoms with Crippen molar-refractivity contribution in [3.05, 3.63) is 63.2 Å². The number of amides is 2. The number of benzene rings is 2. The van der Waals surface area contributed by atoms with Crippen molar-refractivity contribution in [2.45, 2.75) is 69.1 Å². The Hall–Kier alpha value is -1.79. The monoisotopic (exact) mass is 634 g/mol. The van der Waals surface area contributed by atoms with E-state index in [9.17, 15) is 19.5 Å². The molecule has 2 amide bonds. The summed E-state index contributed by atoms with van der Waals surface area (Å²) >= 11 is 2.27. The second-order valence-corrected chi connectivity index (χ2v) is 16.4. The summed E-state index contributed by atoms with van der Waals surface area (Å²) in [5.74, 6) is -0.518. The first-order chi connectivity index (χ1) is 17.6. The molecule has 3 aliphatic heterocycles. The number of nitrogens with zero attached hydrogens (tertiary/aromatic N) is 2. The lowest BCUT2D eigenvalue weighted by atomic mass is 9.82. The molecule has 3 heterocycles. The smallest absolute Gasteiger partial charge is 0.264 e. The maximum Gasteiger partial charge on any atom is 0.264 e. The van der Waals surface area contributed by atoms with Gasteiger partial charge in [-0.3, -0.25) is 9.59 Å². The van der Waals surface area contributed by atoms with Crippen molar-refractivity contribution in [1.82, 2.24) is 4.90 Å².